The molecule has 3 aliphatic rings. The van der Waals surface area contributed by atoms with Crippen LogP contribution in [-0.4, -0.2) is 61.3 Å². The maximum Gasteiger partial charge on any atom is 0.311 e. The number of aliphatic carboxylic acids is 1. The highest BCUT2D eigenvalue weighted by atomic mass is 16.5. The van der Waals surface area contributed by atoms with Gasteiger partial charge in [-0.3, -0.25) is 14.5 Å². The molecule has 3 heterocycles. The molecule has 1 N–H and O–H groups in total. The average molecular weight is 358 g/mol. The van der Waals surface area contributed by atoms with Crippen molar-refractivity contribution in [2.24, 2.45) is 11.3 Å². The number of hydrogen-bond acceptors (Lipinski definition) is 4. The summed E-state index contributed by atoms with van der Waals surface area (Å²) in [4.78, 5) is 28.8. The maximum absolute atomic E-state index is 13.0. The first-order chi connectivity index (χ1) is 12.5. The van der Waals surface area contributed by atoms with Crippen molar-refractivity contribution >= 4 is 17.6 Å². The summed E-state index contributed by atoms with van der Waals surface area (Å²) in [6.45, 7) is 5.11. The van der Waals surface area contributed by atoms with Gasteiger partial charge in [0.05, 0.1) is 18.6 Å². The van der Waals surface area contributed by atoms with Gasteiger partial charge in [-0.05, 0) is 37.8 Å². The number of anilines is 1. The van der Waals surface area contributed by atoms with Gasteiger partial charge in [-0.1, -0.05) is 17.7 Å². The van der Waals surface area contributed by atoms with E-state index < -0.39 is 11.4 Å². The Balaban J connectivity index is 1.49. The van der Waals surface area contributed by atoms with Crippen molar-refractivity contribution < 1.29 is 19.4 Å². The third kappa shape index (κ3) is 2.91. The monoisotopic (exact) mass is 358 g/mol. The predicted molar refractivity (Wildman–Crippen MR) is 97.3 cm³/mol. The van der Waals surface area contributed by atoms with Crippen LogP contribution in [0.15, 0.2) is 18.2 Å². The molecule has 0 aliphatic carbocycles. The van der Waals surface area contributed by atoms with Gasteiger partial charge in [0.15, 0.2) is 0 Å². The molecule has 0 bridgehead atoms. The van der Waals surface area contributed by atoms with Crippen molar-refractivity contribution in [3.8, 4) is 0 Å². The molecule has 0 spiro atoms. The topological polar surface area (TPSA) is 70.1 Å². The molecule has 1 aromatic carbocycles. The molecule has 0 saturated carbocycles. The number of benzene rings is 1. The molecule has 2 fully saturated rings. The Morgan fingerprint density at radius 2 is 2.23 bits per heavy atom. The van der Waals surface area contributed by atoms with E-state index in [2.05, 4.69) is 13.0 Å². The number of amides is 1. The third-order valence-electron chi connectivity index (χ3n) is 6.22. The standard InChI is InChI=1S/C20H26N2O4/c1-14-4-5-17-15(9-14)3-2-7-22(17)18(23)11-21-10-16-12-26-8-6-20(16,13-21)19(24)25/h4-5,9,16H,2-3,6-8,10-13H2,1H3,(H,24,25)/t16-,20+/m1/s1. The summed E-state index contributed by atoms with van der Waals surface area (Å²) in [7, 11) is 0. The van der Waals surface area contributed by atoms with Crippen LogP contribution in [0.4, 0.5) is 5.69 Å². The van der Waals surface area contributed by atoms with Crippen LogP contribution in [-0.2, 0) is 20.7 Å². The molecule has 0 unspecified atom stereocenters. The van der Waals surface area contributed by atoms with Gasteiger partial charge in [0.2, 0.25) is 5.91 Å². The number of carbonyl (C=O) groups is 2. The summed E-state index contributed by atoms with van der Waals surface area (Å²) in [6, 6.07) is 6.25. The van der Waals surface area contributed by atoms with E-state index in [1.54, 1.807) is 0 Å². The lowest BCUT2D eigenvalue weighted by Crippen LogP contribution is -2.45. The molecule has 4 rings (SSSR count). The number of nitrogens with zero attached hydrogens (tertiary/aromatic N) is 2. The highest BCUT2D eigenvalue weighted by Crippen LogP contribution is 2.42. The van der Waals surface area contributed by atoms with E-state index in [0.717, 1.165) is 25.1 Å². The van der Waals surface area contributed by atoms with Gasteiger partial charge >= 0.3 is 5.97 Å². The lowest BCUT2D eigenvalue weighted by molar-refractivity contribution is -0.157. The summed E-state index contributed by atoms with van der Waals surface area (Å²) < 4.78 is 5.50. The van der Waals surface area contributed by atoms with Gasteiger partial charge in [-0.15, -0.1) is 0 Å². The van der Waals surface area contributed by atoms with Gasteiger partial charge < -0.3 is 14.7 Å². The Bertz CT molecular complexity index is 735. The third-order valence-corrected chi connectivity index (χ3v) is 6.22. The molecule has 26 heavy (non-hydrogen) atoms. The SMILES string of the molecule is Cc1ccc2c(c1)CCCN2C(=O)CN1C[C@@H]2COCC[C@]2(C(=O)O)C1. The fourth-order valence-corrected chi connectivity index (χ4v) is 4.79. The van der Waals surface area contributed by atoms with E-state index in [1.165, 1.54) is 11.1 Å². The number of rotatable bonds is 3. The van der Waals surface area contributed by atoms with Crippen LogP contribution in [0.1, 0.15) is 24.0 Å². The second-order valence-electron chi connectivity index (χ2n) is 7.93. The normalized spacial score (nSPS) is 28.5. The number of hydrogen-bond donors (Lipinski definition) is 1. The first-order valence-electron chi connectivity index (χ1n) is 9.43. The highest BCUT2D eigenvalue weighted by Gasteiger charge is 2.54. The van der Waals surface area contributed by atoms with Crippen molar-refractivity contribution in [3.05, 3.63) is 29.3 Å². The molecule has 140 valence electrons. The van der Waals surface area contributed by atoms with Crippen LogP contribution >= 0.6 is 0 Å². The van der Waals surface area contributed by atoms with Gasteiger partial charge in [0.1, 0.15) is 0 Å². The number of fused-ring (bicyclic) bond motifs is 2. The number of carbonyl (C=O) groups excluding carboxylic acids is 1. The minimum atomic E-state index is -0.755. The second kappa shape index (κ2) is 6.67. The smallest absolute Gasteiger partial charge is 0.311 e. The van der Waals surface area contributed by atoms with Crippen molar-refractivity contribution in [2.45, 2.75) is 26.2 Å². The molecule has 2 atom stereocenters. The number of ether oxygens (including phenoxy) is 1. The molecule has 0 radical (unpaired) electrons. The molecule has 1 amide bonds. The molecular formula is C20H26N2O4. The minimum absolute atomic E-state index is 0.0298. The predicted octanol–water partition coefficient (Wildman–Crippen LogP) is 1.70. The first kappa shape index (κ1) is 17.5. The molecular weight excluding hydrogens is 332 g/mol. The van der Waals surface area contributed by atoms with Gasteiger partial charge in [-0.2, -0.15) is 0 Å². The molecule has 3 aliphatic heterocycles. The number of carboxylic acid groups (broad SMARTS) is 1. The van der Waals surface area contributed by atoms with Crippen molar-refractivity contribution in [3.63, 3.8) is 0 Å². The van der Waals surface area contributed by atoms with Crippen LogP contribution in [0.25, 0.3) is 0 Å². The van der Waals surface area contributed by atoms with E-state index >= 15 is 0 Å². The summed E-state index contributed by atoms with van der Waals surface area (Å²) in [6.07, 6.45) is 2.51. The Morgan fingerprint density at radius 3 is 3.00 bits per heavy atom. The van der Waals surface area contributed by atoms with Crippen LogP contribution in [0.2, 0.25) is 0 Å². The summed E-state index contributed by atoms with van der Waals surface area (Å²) in [5.41, 5.74) is 2.70. The Kier molecular flexibility index (Phi) is 4.49. The Morgan fingerprint density at radius 1 is 1.38 bits per heavy atom. The zero-order valence-corrected chi connectivity index (χ0v) is 15.2. The average Bonchev–Trinajstić information content (AvgIpc) is 3.00. The van der Waals surface area contributed by atoms with Gasteiger partial charge in [0, 0.05) is 37.8 Å². The van der Waals surface area contributed by atoms with E-state index in [1.807, 2.05) is 21.9 Å². The van der Waals surface area contributed by atoms with Gasteiger partial charge in [0.25, 0.3) is 0 Å². The van der Waals surface area contributed by atoms with E-state index in [4.69, 9.17) is 4.74 Å². The molecule has 2 saturated heterocycles. The lowest BCUT2D eigenvalue weighted by Gasteiger charge is -2.34. The van der Waals surface area contributed by atoms with Crippen LogP contribution in [0.3, 0.4) is 0 Å². The van der Waals surface area contributed by atoms with Crippen LogP contribution < -0.4 is 4.90 Å². The number of aryl methyl sites for hydroxylation is 2. The number of carboxylic acids is 1. The number of likely N-dealkylation sites (tertiary alicyclic amines) is 1. The van der Waals surface area contributed by atoms with E-state index in [0.29, 0.717) is 32.7 Å². The highest BCUT2D eigenvalue weighted by molar-refractivity contribution is 5.96. The fourth-order valence-electron chi connectivity index (χ4n) is 4.79. The zero-order chi connectivity index (χ0) is 18.3. The molecule has 1 aromatic rings. The maximum atomic E-state index is 13.0. The van der Waals surface area contributed by atoms with E-state index in [-0.39, 0.29) is 18.4 Å². The van der Waals surface area contributed by atoms with Crippen molar-refractivity contribution in [1.29, 1.82) is 0 Å². The molecule has 0 aromatic heterocycles. The largest absolute Gasteiger partial charge is 0.481 e. The minimum Gasteiger partial charge on any atom is -0.481 e. The van der Waals surface area contributed by atoms with Gasteiger partial charge in [-0.25, -0.2) is 0 Å². The quantitative estimate of drug-likeness (QED) is 0.891. The summed E-state index contributed by atoms with van der Waals surface area (Å²) in [5.74, 6) is -0.715. The van der Waals surface area contributed by atoms with Crippen molar-refractivity contribution in [1.82, 2.24) is 4.90 Å². The fraction of sp³-hybridized carbons (Fsp3) is 0.600. The lowest BCUT2D eigenvalue weighted by atomic mass is 9.74. The first-order valence-corrected chi connectivity index (χ1v) is 9.43. The summed E-state index contributed by atoms with van der Waals surface area (Å²) >= 11 is 0. The van der Waals surface area contributed by atoms with Crippen molar-refractivity contribution in [2.75, 3.05) is 44.3 Å². The zero-order valence-electron chi connectivity index (χ0n) is 15.2. The van der Waals surface area contributed by atoms with Crippen LogP contribution in [0.5, 0.6) is 0 Å². The summed E-state index contributed by atoms with van der Waals surface area (Å²) in [5, 5.41) is 9.78. The Labute approximate surface area is 153 Å². The second-order valence-corrected chi connectivity index (χ2v) is 7.93. The van der Waals surface area contributed by atoms with Crippen LogP contribution in [0, 0.1) is 18.3 Å². The molecule has 6 heteroatoms. The molecule has 6 nitrogen and oxygen atoms in total. The Hall–Kier alpha value is -1.92. The van der Waals surface area contributed by atoms with E-state index in [9.17, 15) is 14.7 Å².